The first kappa shape index (κ1) is 38.9. The highest BCUT2D eigenvalue weighted by atomic mass is 15.1. The number of nitrogens with zero attached hydrogens (tertiary/aromatic N) is 1. The highest BCUT2D eigenvalue weighted by Crippen LogP contribution is 2.51. The normalized spacial score (nSPS) is 12.3. The summed E-state index contributed by atoms with van der Waals surface area (Å²) in [4.78, 5) is 2.49. The van der Waals surface area contributed by atoms with Crippen molar-refractivity contribution in [1.82, 2.24) is 0 Å². The van der Waals surface area contributed by atoms with E-state index in [0.717, 1.165) is 29.9 Å². The van der Waals surface area contributed by atoms with Crippen LogP contribution in [0.3, 0.4) is 0 Å². The summed E-state index contributed by atoms with van der Waals surface area (Å²) >= 11 is 0. The van der Waals surface area contributed by atoms with Crippen LogP contribution < -0.4 is 4.90 Å². The van der Waals surface area contributed by atoms with Crippen LogP contribution in [-0.4, -0.2) is 0 Å². The van der Waals surface area contributed by atoms with Crippen LogP contribution in [0.2, 0.25) is 0 Å². The first-order valence-electron chi connectivity index (χ1n) is 23.5. The molecule has 1 aliphatic rings. The minimum atomic E-state index is 1.06. The van der Waals surface area contributed by atoms with Gasteiger partial charge in [-0.3, -0.25) is 0 Å². The molecule has 0 saturated carbocycles. The standard InChI is InChI=1S/C66H45N/c1-4-19-45(20-5-1)60-43-61(46-21-6-2-7-22-46)65-58-33-17-15-31-56(58)62-42-51(39-40-59(62)66(65)64(60)48-24-8-3-9-25-48)67(63-41-49-26-11-13-29-54(49)55-30-14-16-32-57(55)63)50-37-35-47(36-38-50)53-34-18-27-44-23-10-12-28-52(44)53/h1-11,13-27,29-43H,12,28H2. The Balaban J connectivity index is 1.12. The Morgan fingerprint density at radius 3 is 1.63 bits per heavy atom. The van der Waals surface area contributed by atoms with Gasteiger partial charge in [-0.2, -0.15) is 0 Å². The molecule has 13 rings (SSSR count). The molecule has 0 aliphatic heterocycles. The molecule has 314 valence electrons. The topological polar surface area (TPSA) is 3.24 Å². The number of anilines is 3. The molecule has 12 aromatic carbocycles. The Hall–Kier alpha value is -8.52. The largest absolute Gasteiger partial charge is 0.310 e. The molecule has 1 heteroatoms. The third-order valence-electron chi connectivity index (χ3n) is 14.1. The molecule has 12 aromatic rings. The first-order chi connectivity index (χ1) is 33.3. The maximum absolute atomic E-state index is 2.49. The molecule has 0 bridgehead atoms. The number of hydrogen-bond acceptors (Lipinski definition) is 1. The minimum Gasteiger partial charge on any atom is -0.310 e. The number of fused-ring (bicyclic) bond motifs is 10. The monoisotopic (exact) mass is 851 g/mol. The van der Waals surface area contributed by atoms with Gasteiger partial charge in [0.15, 0.2) is 0 Å². The lowest BCUT2D eigenvalue weighted by Crippen LogP contribution is -2.11. The van der Waals surface area contributed by atoms with Crippen LogP contribution in [0.25, 0.3) is 104 Å². The van der Waals surface area contributed by atoms with Crippen molar-refractivity contribution in [1.29, 1.82) is 0 Å². The Morgan fingerprint density at radius 1 is 0.328 bits per heavy atom. The Labute approximate surface area is 391 Å². The average Bonchev–Trinajstić information content (AvgIpc) is 3.41. The van der Waals surface area contributed by atoms with Gasteiger partial charge in [0.05, 0.1) is 5.69 Å². The third-order valence-corrected chi connectivity index (χ3v) is 14.1. The Bertz CT molecular complexity index is 3890. The quantitative estimate of drug-likeness (QED) is 0.144. The summed E-state index contributed by atoms with van der Waals surface area (Å²) in [6, 6.07) is 87.7. The molecule has 0 saturated heterocycles. The summed E-state index contributed by atoms with van der Waals surface area (Å²) in [5.41, 5.74) is 16.0. The molecule has 1 aliphatic carbocycles. The summed E-state index contributed by atoms with van der Waals surface area (Å²) < 4.78 is 0. The van der Waals surface area contributed by atoms with Gasteiger partial charge in [-0.05, 0) is 153 Å². The van der Waals surface area contributed by atoms with Gasteiger partial charge >= 0.3 is 0 Å². The van der Waals surface area contributed by atoms with E-state index in [1.54, 1.807) is 0 Å². The number of allylic oxidation sites excluding steroid dienone is 1. The van der Waals surface area contributed by atoms with Crippen LogP contribution >= 0.6 is 0 Å². The highest BCUT2D eigenvalue weighted by Gasteiger charge is 2.24. The van der Waals surface area contributed by atoms with E-state index in [2.05, 4.69) is 254 Å². The smallest absolute Gasteiger partial charge is 0.0546 e. The fourth-order valence-electron chi connectivity index (χ4n) is 11.1. The van der Waals surface area contributed by atoms with Crippen molar-refractivity contribution in [3.63, 3.8) is 0 Å². The zero-order chi connectivity index (χ0) is 44.3. The van der Waals surface area contributed by atoms with Crippen molar-refractivity contribution in [3.05, 3.63) is 254 Å². The van der Waals surface area contributed by atoms with E-state index in [1.807, 2.05) is 0 Å². The SMILES string of the molecule is C1=Cc2cccc(-c3ccc(N(c4ccc5c(c4)c4ccccc4c4c(-c6ccccc6)cc(-c6ccccc6)c(-c6ccccc6)c54)c4cc5ccccc5c5ccccc45)cc3)c2CC1. The predicted molar refractivity (Wildman–Crippen MR) is 288 cm³/mol. The molecular formula is C66H45N. The van der Waals surface area contributed by atoms with Crippen LogP contribution in [0.1, 0.15) is 17.5 Å². The van der Waals surface area contributed by atoms with Crippen molar-refractivity contribution < 1.29 is 0 Å². The highest BCUT2D eigenvalue weighted by molar-refractivity contribution is 6.33. The summed E-state index contributed by atoms with van der Waals surface area (Å²) in [5, 5.41) is 12.4. The van der Waals surface area contributed by atoms with Gasteiger partial charge < -0.3 is 4.90 Å². The average molecular weight is 852 g/mol. The Kier molecular flexibility index (Phi) is 9.39. The van der Waals surface area contributed by atoms with Gasteiger partial charge in [-0.25, -0.2) is 0 Å². The second kappa shape index (κ2) is 16.2. The van der Waals surface area contributed by atoms with E-state index in [-0.39, 0.29) is 0 Å². The van der Waals surface area contributed by atoms with E-state index in [4.69, 9.17) is 0 Å². The van der Waals surface area contributed by atoms with Crippen molar-refractivity contribution in [3.8, 4) is 44.5 Å². The van der Waals surface area contributed by atoms with E-state index >= 15 is 0 Å². The minimum absolute atomic E-state index is 1.06. The molecule has 0 aromatic heterocycles. The predicted octanol–water partition coefficient (Wildman–Crippen LogP) is 18.5. The van der Waals surface area contributed by atoms with E-state index in [9.17, 15) is 0 Å². The maximum atomic E-state index is 2.49. The molecular weight excluding hydrogens is 807 g/mol. The summed E-state index contributed by atoms with van der Waals surface area (Å²) in [7, 11) is 0. The summed E-state index contributed by atoms with van der Waals surface area (Å²) in [6.45, 7) is 0. The summed E-state index contributed by atoms with van der Waals surface area (Å²) in [6.07, 6.45) is 6.71. The number of benzene rings is 12. The zero-order valence-corrected chi connectivity index (χ0v) is 37.0. The van der Waals surface area contributed by atoms with E-state index in [1.165, 1.54) is 109 Å². The van der Waals surface area contributed by atoms with Crippen molar-refractivity contribution in [2.45, 2.75) is 12.8 Å². The van der Waals surface area contributed by atoms with Crippen LogP contribution in [0.15, 0.2) is 243 Å². The van der Waals surface area contributed by atoms with Crippen LogP contribution in [0, 0.1) is 0 Å². The molecule has 0 N–H and O–H groups in total. The maximum Gasteiger partial charge on any atom is 0.0546 e. The second-order valence-corrected chi connectivity index (χ2v) is 17.8. The lowest BCUT2D eigenvalue weighted by molar-refractivity contribution is 0.988. The van der Waals surface area contributed by atoms with Crippen molar-refractivity contribution in [2.24, 2.45) is 0 Å². The van der Waals surface area contributed by atoms with Gasteiger partial charge in [0.2, 0.25) is 0 Å². The molecule has 0 atom stereocenters. The van der Waals surface area contributed by atoms with Crippen LogP contribution in [-0.2, 0) is 6.42 Å². The molecule has 67 heavy (non-hydrogen) atoms. The first-order valence-corrected chi connectivity index (χ1v) is 23.5. The van der Waals surface area contributed by atoms with Gasteiger partial charge in [0.25, 0.3) is 0 Å². The molecule has 0 unspecified atom stereocenters. The molecule has 0 amide bonds. The molecule has 0 spiro atoms. The van der Waals surface area contributed by atoms with E-state index in [0.29, 0.717) is 0 Å². The molecule has 0 radical (unpaired) electrons. The third kappa shape index (κ3) is 6.54. The van der Waals surface area contributed by atoms with Crippen molar-refractivity contribution >= 4 is 77.0 Å². The number of hydrogen-bond donors (Lipinski definition) is 0. The van der Waals surface area contributed by atoms with Crippen molar-refractivity contribution in [2.75, 3.05) is 4.90 Å². The molecule has 0 fully saturated rings. The molecule has 1 nitrogen and oxygen atoms in total. The van der Waals surface area contributed by atoms with Gasteiger partial charge in [-0.15, -0.1) is 0 Å². The van der Waals surface area contributed by atoms with E-state index < -0.39 is 0 Å². The van der Waals surface area contributed by atoms with Crippen LogP contribution in [0.5, 0.6) is 0 Å². The lowest BCUT2D eigenvalue weighted by Gasteiger charge is -2.29. The van der Waals surface area contributed by atoms with Gasteiger partial charge in [-0.1, -0.05) is 212 Å². The second-order valence-electron chi connectivity index (χ2n) is 17.8. The Morgan fingerprint density at radius 2 is 0.896 bits per heavy atom. The fourth-order valence-corrected chi connectivity index (χ4v) is 11.1. The molecule has 0 heterocycles. The van der Waals surface area contributed by atoms with Gasteiger partial charge in [0, 0.05) is 16.8 Å². The zero-order valence-electron chi connectivity index (χ0n) is 37.0. The summed E-state index contributed by atoms with van der Waals surface area (Å²) in [5.74, 6) is 0. The number of rotatable bonds is 7. The van der Waals surface area contributed by atoms with Crippen LogP contribution in [0.4, 0.5) is 17.1 Å². The lowest BCUT2D eigenvalue weighted by atomic mass is 9.81. The van der Waals surface area contributed by atoms with Gasteiger partial charge in [0.1, 0.15) is 0 Å². The fraction of sp³-hybridized carbons (Fsp3) is 0.0303.